The monoisotopic (exact) mass is 327 g/mol. The summed E-state index contributed by atoms with van der Waals surface area (Å²) in [6, 6.07) is 27.2. The van der Waals surface area contributed by atoms with Gasteiger partial charge in [0.2, 0.25) is 0 Å². The lowest BCUT2D eigenvalue weighted by Crippen LogP contribution is -2.05. The molecule has 3 nitrogen and oxygen atoms in total. The van der Waals surface area contributed by atoms with Gasteiger partial charge in [0.05, 0.1) is 5.69 Å². The summed E-state index contributed by atoms with van der Waals surface area (Å²) < 4.78 is 2.14. The van der Waals surface area contributed by atoms with Crippen LogP contribution in [0.25, 0.3) is 5.65 Å². The number of hydrogen-bond donors (Lipinski definition) is 1. The molecule has 124 valence electrons. The highest BCUT2D eigenvalue weighted by molar-refractivity contribution is 5.55. The van der Waals surface area contributed by atoms with E-state index in [1.54, 1.807) is 0 Å². The molecule has 2 aromatic carbocycles. The molecular weight excluding hydrogens is 306 g/mol. The molecule has 0 saturated heterocycles. The van der Waals surface area contributed by atoms with Gasteiger partial charge >= 0.3 is 0 Å². The van der Waals surface area contributed by atoms with Crippen molar-refractivity contribution in [3.05, 3.63) is 102 Å². The lowest BCUT2D eigenvalue weighted by molar-refractivity contribution is 0.923. The minimum Gasteiger partial charge on any atom is -0.366 e. The van der Waals surface area contributed by atoms with Crippen LogP contribution < -0.4 is 5.32 Å². The van der Waals surface area contributed by atoms with Crippen LogP contribution in [0, 0.1) is 0 Å². The van der Waals surface area contributed by atoms with Crippen LogP contribution in [0.4, 0.5) is 5.82 Å². The molecule has 2 heterocycles. The van der Waals surface area contributed by atoms with Crippen molar-refractivity contribution >= 4 is 11.5 Å². The molecular formula is C22H21N3. The summed E-state index contributed by atoms with van der Waals surface area (Å²) in [5.41, 5.74) is 4.71. The van der Waals surface area contributed by atoms with Crippen molar-refractivity contribution in [1.82, 2.24) is 9.38 Å². The second-order valence-electron chi connectivity index (χ2n) is 6.16. The molecule has 1 N–H and O–H groups in total. The molecule has 0 atom stereocenters. The first-order valence-corrected chi connectivity index (χ1v) is 8.68. The molecule has 4 rings (SSSR count). The molecule has 2 aromatic heterocycles. The van der Waals surface area contributed by atoms with Gasteiger partial charge in [-0.1, -0.05) is 66.7 Å². The van der Waals surface area contributed by atoms with Crippen LogP contribution in [0.15, 0.2) is 85.1 Å². The van der Waals surface area contributed by atoms with E-state index in [9.17, 15) is 0 Å². The third-order valence-corrected chi connectivity index (χ3v) is 4.40. The molecule has 0 aliphatic carbocycles. The quantitative estimate of drug-likeness (QED) is 0.555. The molecule has 3 heteroatoms. The van der Waals surface area contributed by atoms with Gasteiger partial charge in [0, 0.05) is 12.7 Å². The zero-order valence-electron chi connectivity index (χ0n) is 14.1. The minimum atomic E-state index is 0.794. The summed E-state index contributed by atoms with van der Waals surface area (Å²) in [4.78, 5) is 4.84. The second kappa shape index (κ2) is 7.22. The molecule has 0 aliphatic rings. The lowest BCUT2D eigenvalue weighted by atomic mass is 10.1. The number of nitrogens with one attached hydrogen (secondary N) is 1. The van der Waals surface area contributed by atoms with Gasteiger partial charge in [0.1, 0.15) is 11.5 Å². The maximum atomic E-state index is 4.84. The highest BCUT2D eigenvalue weighted by Crippen LogP contribution is 2.21. The fourth-order valence-corrected chi connectivity index (χ4v) is 3.10. The van der Waals surface area contributed by atoms with Gasteiger partial charge in [-0.3, -0.25) is 4.40 Å². The number of rotatable bonds is 6. The number of hydrogen-bond acceptors (Lipinski definition) is 2. The molecule has 25 heavy (non-hydrogen) atoms. The van der Waals surface area contributed by atoms with Crippen LogP contribution in [0.2, 0.25) is 0 Å². The molecule has 0 saturated carbocycles. The summed E-state index contributed by atoms with van der Waals surface area (Å²) in [6.07, 6.45) is 3.98. The maximum absolute atomic E-state index is 4.84. The summed E-state index contributed by atoms with van der Waals surface area (Å²) in [5, 5.41) is 3.59. The number of pyridine rings is 1. The first kappa shape index (κ1) is 15.5. The van der Waals surface area contributed by atoms with Crippen molar-refractivity contribution in [2.45, 2.75) is 19.4 Å². The molecule has 0 spiro atoms. The van der Waals surface area contributed by atoms with E-state index in [4.69, 9.17) is 4.98 Å². The van der Waals surface area contributed by atoms with Gasteiger partial charge in [-0.25, -0.2) is 4.98 Å². The predicted octanol–water partition coefficient (Wildman–Crippen LogP) is 4.73. The third kappa shape index (κ3) is 3.56. The van der Waals surface area contributed by atoms with Crippen LogP contribution in [0.1, 0.15) is 16.8 Å². The van der Waals surface area contributed by atoms with Gasteiger partial charge in [-0.15, -0.1) is 0 Å². The average molecular weight is 327 g/mol. The Morgan fingerprint density at radius 3 is 2.16 bits per heavy atom. The highest BCUT2D eigenvalue weighted by Gasteiger charge is 2.11. The summed E-state index contributed by atoms with van der Waals surface area (Å²) in [7, 11) is 0. The Morgan fingerprint density at radius 1 is 0.720 bits per heavy atom. The Morgan fingerprint density at radius 2 is 1.40 bits per heavy atom. The molecule has 0 bridgehead atoms. The number of nitrogens with zero attached hydrogens (tertiary/aromatic N) is 2. The van der Waals surface area contributed by atoms with E-state index in [-0.39, 0.29) is 0 Å². The molecule has 0 amide bonds. The van der Waals surface area contributed by atoms with Crippen LogP contribution in [-0.2, 0) is 19.4 Å². The van der Waals surface area contributed by atoms with E-state index in [1.807, 2.05) is 18.2 Å². The Bertz CT molecular complexity index is 943. The average Bonchev–Trinajstić information content (AvgIpc) is 3.04. The molecule has 0 radical (unpaired) electrons. The topological polar surface area (TPSA) is 29.3 Å². The zero-order chi connectivity index (χ0) is 16.9. The SMILES string of the molecule is c1ccc(CCc2nc3ccccn3c2NCc2ccccc2)cc1. The number of fused-ring (bicyclic) bond motifs is 1. The molecule has 0 aliphatic heterocycles. The van der Waals surface area contributed by atoms with E-state index < -0.39 is 0 Å². The van der Waals surface area contributed by atoms with Gasteiger partial charge in [0.25, 0.3) is 0 Å². The van der Waals surface area contributed by atoms with E-state index >= 15 is 0 Å². The molecule has 0 fully saturated rings. The molecule has 4 aromatic rings. The highest BCUT2D eigenvalue weighted by atomic mass is 15.1. The minimum absolute atomic E-state index is 0.794. The standard InChI is InChI=1S/C22H21N3/c1-3-9-18(10-4-1)14-15-20-22(23-17-19-11-5-2-6-12-19)25-16-8-7-13-21(25)24-20/h1-13,16,23H,14-15,17H2. The van der Waals surface area contributed by atoms with E-state index in [2.05, 4.69) is 76.6 Å². The Labute approximate surface area is 148 Å². The smallest absolute Gasteiger partial charge is 0.138 e. The number of benzene rings is 2. The summed E-state index contributed by atoms with van der Waals surface area (Å²) in [5.74, 6) is 1.09. The fraction of sp³-hybridized carbons (Fsp3) is 0.136. The fourth-order valence-electron chi connectivity index (χ4n) is 3.10. The van der Waals surface area contributed by atoms with Crippen molar-refractivity contribution in [2.75, 3.05) is 5.32 Å². The van der Waals surface area contributed by atoms with Crippen molar-refractivity contribution in [2.24, 2.45) is 0 Å². The van der Waals surface area contributed by atoms with Crippen molar-refractivity contribution in [3.8, 4) is 0 Å². The number of imidazole rings is 1. The van der Waals surface area contributed by atoms with Crippen molar-refractivity contribution < 1.29 is 0 Å². The second-order valence-corrected chi connectivity index (χ2v) is 6.16. The Kier molecular flexibility index (Phi) is 4.46. The summed E-state index contributed by atoms with van der Waals surface area (Å²) >= 11 is 0. The van der Waals surface area contributed by atoms with Crippen LogP contribution in [0.3, 0.4) is 0 Å². The maximum Gasteiger partial charge on any atom is 0.138 e. The van der Waals surface area contributed by atoms with Crippen molar-refractivity contribution in [1.29, 1.82) is 0 Å². The summed E-state index contributed by atoms with van der Waals surface area (Å²) in [6.45, 7) is 0.794. The van der Waals surface area contributed by atoms with Gasteiger partial charge < -0.3 is 5.32 Å². The Balaban J connectivity index is 1.59. The van der Waals surface area contributed by atoms with Gasteiger partial charge in [0.15, 0.2) is 0 Å². The van der Waals surface area contributed by atoms with Gasteiger partial charge in [-0.2, -0.15) is 0 Å². The van der Waals surface area contributed by atoms with Crippen LogP contribution in [-0.4, -0.2) is 9.38 Å². The van der Waals surface area contributed by atoms with E-state index in [1.165, 1.54) is 11.1 Å². The van der Waals surface area contributed by atoms with Crippen LogP contribution in [0.5, 0.6) is 0 Å². The normalized spacial score (nSPS) is 10.9. The van der Waals surface area contributed by atoms with Crippen LogP contribution >= 0.6 is 0 Å². The first-order valence-electron chi connectivity index (χ1n) is 8.68. The molecule has 0 unspecified atom stereocenters. The lowest BCUT2D eigenvalue weighted by Gasteiger charge is -2.09. The van der Waals surface area contributed by atoms with Crippen molar-refractivity contribution in [3.63, 3.8) is 0 Å². The number of anilines is 1. The largest absolute Gasteiger partial charge is 0.366 e. The first-order chi connectivity index (χ1) is 12.4. The predicted molar refractivity (Wildman–Crippen MR) is 103 cm³/mol. The third-order valence-electron chi connectivity index (χ3n) is 4.40. The Hall–Kier alpha value is -3.07. The van der Waals surface area contributed by atoms with E-state index in [0.717, 1.165) is 36.5 Å². The number of aryl methyl sites for hydroxylation is 2. The van der Waals surface area contributed by atoms with E-state index in [0.29, 0.717) is 0 Å². The van der Waals surface area contributed by atoms with Gasteiger partial charge in [-0.05, 0) is 36.1 Å². The zero-order valence-corrected chi connectivity index (χ0v) is 14.1. The number of aromatic nitrogens is 2.